The van der Waals surface area contributed by atoms with Crippen LogP contribution in [0.15, 0.2) is 0 Å². The van der Waals surface area contributed by atoms with Gasteiger partial charge in [-0.1, -0.05) is 6.92 Å². The van der Waals surface area contributed by atoms with E-state index < -0.39 is 0 Å². The molecule has 58 valence electrons. The zero-order chi connectivity index (χ0) is 7.14. The Morgan fingerprint density at radius 2 is 1.80 bits per heavy atom. The van der Waals surface area contributed by atoms with Crippen LogP contribution in [0.2, 0.25) is 0 Å². The summed E-state index contributed by atoms with van der Waals surface area (Å²) >= 11 is 0. The summed E-state index contributed by atoms with van der Waals surface area (Å²) in [6.07, 6.45) is 5.59. The predicted octanol–water partition coefficient (Wildman–Crippen LogP) is 1.77. The normalized spacial score (nSPS) is 53.4. The molecule has 0 heterocycles. The smallest absolute Gasteiger partial charge is 0.00700 e. The SMILES string of the molecule is C[C@@H]1CC2CC[C@H]1CC2N. The first kappa shape index (κ1) is 6.66. The maximum atomic E-state index is 5.98. The Bertz CT molecular complexity index is 117. The van der Waals surface area contributed by atoms with Gasteiger partial charge in [0.1, 0.15) is 0 Å². The molecule has 0 aromatic carbocycles. The highest BCUT2D eigenvalue weighted by molar-refractivity contribution is 4.91. The highest BCUT2D eigenvalue weighted by Crippen LogP contribution is 2.43. The van der Waals surface area contributed by atoms with Crippen molar-refractivity contribution in [2.24, 2.45) is 23.5 Å². The highest BCUT2D eigenvalue weighted by Gasteiger charge is 2.37. The molecule has 2 N–H and O–H groups in total. The van der Waals surface area contributed by atoms with Crippen molar-refractivity contribution in [2.75, 3.05) is 0 Å². The van der Waals surface area contributed by atoms with Gasteiger partial charge in [0.2, 0.25) is 0 Å². The molecule has 0 saturated heterocycles. The third-order valence-corrected chi connectivity index (χ3v) is 3.57. The Balaban J connectivity index is 2.09. The average Bonchev–Trinajstić information content (AvgIpc) is 1.91. The van der Waals surface area contributed by atoms with Crippen molar-refractivity contribution in [1.82, 2.24) is 0 Å². The van der Waals surface area contributed by atoms with Crippen molar-refractivity contribution < 1.29 is 0 Å². The largest absolute Gasteiger partial charge is 0.327 e. The number of hydrogen-bond acceptors (Lipinski definition) is 1. The molecular formula is C9H17N. The second-order valence-electron chi connectivity index (χ2n) is 4.21. The van der Waals surface area contributed by atoms with Gasteiger partial charge >= 0.3 is 0 Å². The number of fused-ring (bicyclic) bond motifs is 3. The molecule has 2 bridgehead atoms. The van der Waals surface area contributed by atoms with Crippen LogP contribution < -0.4 is 5.73 Å². The third-order valence-electron chi connectivity index (χ3n) is 3.57. The van der Waals surface area contributed by atoms with E-state index in [1.54, 1.807) is 0 Å². The van der Waals surface area contributed by atoms with Crippen molar-refractivity contribution in [1.29, 1.82) is 0 Å². The fourth-order valence-corrected chi connectivity index (χ4v) is 2.78. The second kappa shape index (κ2) is 2.23. The molecule has 2 unspecified atom stereocenters. The molecule has 4 atom stereocenters. The molecule has 3 fully saturated rings. The molecular weight excluding hydrogens is 122 g/mol. The van der Waals surface area contributed by atoms with Gasteiger partial charge in [-0.05, 0) is 43.4 Å². The molecule has 0 aliphatic heterocycles. The van der Waals surface area contributed by atoms with Gasteiger partial charge in [-0.15, -0.1) is 0 Å². The number of hydrogen-bond donors (Lipinski definition) is 1. The van der Waals surface area contributed by atoms with Crippen LogP contribution in [0, 0.1) is 17.8 Å². The fourth-order valence-electron chi connectivity index (χ4n) is 2.78. The van der Waals surface area contributed by atoms with Gasteiger partial charge in [-0.25, -0.2) is 0 Å². The molecule has 0 aromatic rings. The van der Waals surface area contributed by atoms with Crippen LogP contribution in [0.5, 0.6) is 0 Å². The molecule has 0 spiro atoms. The lowest BCUT2D eigenvalue weighted by Crippen LogP contribution is -2.44. The summed E-state index contributed by atoms with van der Waals surface area (Å²) in [7, 11) is 0. The highest BCUT2D eigenvalue weighted by atomic mass is 14.7. The van der Waals surface area contributed by atoms with E-state index in [9.17, 15) is 0 Å². The van der Waals surface area contributed by atoms with Crippen LogP contribution in [0.3, 0.4) is 0 Å². The molecule has 1 nitrogen and oxygen atoms in total. The van der Waals surface area contributed by atoms with Gasteiger partial charge in [-0.2, -0.15) is 0 Å². The van der Waals surface area contributed by atoms with Crippen LogP contribution in [0.4, 0.5) is 0 Å². The maximum absolute atomic E-state index is 5.98. The van der Waals surface area contributed by atoms with E-state index in [0.29, 0.717) is 6.04 Å². The van der Waals surface area contributed by atoms with Crippen LogP contribution in [-0.4, -0.2) is 6.04 Å². The first-order chi connectivity index (χ1) is 4.77. The van der Waals surface area contributed by atoms with E-state index in [-0.39, 0.29) is 0 Å². The molecule has 3 rings (SSSR count). The van der Waals surface area contributed by atoms with Crippen molar-refractivity contribution in [3.8, 4) is 0 Å². The minimum absolute atomic E-state index is 0.551. The minimum Gasteiger partial charge on any atom is -0.327 e. The molecule has 10 heavy (non-hydrogen) atoms. The van der Waals surface area contributed by atoms with Crippen LogP contribution >= 0.6 is 0 Å². The molecule has 1 heteroatoms. The number of rotatable bonds is 0. The van der Waals surface area contributed by atoms with Crippen molar-refractivity contribution in [3.05, 3.63) is 0 Å². The van der Waals surface area contributed by atoms with Gasteiger partial charge in [0.15, 0.2) is 0 Å². The monoisotopic (exact) mass is 139 g/mol. The van der Waals surface area contributed by atoms with Crippen molar-refractivity contribution >= 4 is 0 Å². The summed E-state index contributed by atoms with van der Waals surface area (Å²) in [6, 6.07) is 0.551. The van der Waals surface area contributed by atoms with Gasteiger partial charge in [0.25, 0.3) is 0 Å². The average molecular weight is 139 g/mol. The zero-order valence-electron chi connectivity index (χ0n) is 6.72. The Hall–Kier alpha value is -0.0400. The summed E-state index contributed by atoms with van der Waals surface area (Å²) < 4.78 is 0. The summed E-state index contributed by atoms with van der Waals surface area (Å²) in [5.41, 5.74) is 5.98. The van der Waals surface area contributed by atoms with Gasteiger partial charge < -0.3 is 5.73 Å². The lowest BCUT2D eigenvalue weighted by Gasteiger charge is -2.44. The Morgan fingerprint density at radius 3 is 2.10 bits per heavy atom. The summed E-state index contributed by atoms with van der Waals surface area (Å²) in [6.45, 7) is 2.39. The lowest BCUT2D eigenvalue weighted by molar-refractivity contribution is 0.0890. The molecule has 0 amide bonds. The van der Waals surface area contributed by atoms with Crippen LogP contribution in [-0.2, 0) is 0 Å². The molecule has 3 aliphatic rings. The minimum atomic E-state index is 0.551. The summed E-state index contributed by atoms with van der Waals surface area (Å²) in [5.74, 6) is 2.82. The van der Waals surface area contributed by atoms with Crippen LogP contribution in [0.1, 0.15) is 32.6 Å². The number of nitrogens with two attached hydrogens (primary N) is 1. The molecule has 3 saturated carbocycles. The van der Waals surface area contributed by atoms with E-state index >= 15 is 0 Å². The van der Waals surface area contributed by atoms with E-state index in [1.807, 2.05) is 0 Å². The van der Waals surface area contributed by atoms with Crippen molar-refractivity contribution in [2.45, 2.75) is 38.6 Å². The van der Waals surface area contributed by atoms with Crippen molar-refractivity contribution in [3.63, 3.8) is 0 Å². The van der Waals surface area contributed by atoms with E-state index in [0.717, 1.165) is 17.8 Å². The predicted molar refractivity (Wildman–Crippen MR) is 42.6 cm³/mol. The first-order valence-corrected chi connectivity index (χ1v) is 4.53. The molecule has 0 radical (unpaired) electrons. The van der Waals surface area contributed by atoms with E-state index in [1.165, 1.54) is 25.7 Å². The standard InChI is InChI=1S/C9H17N/c1-6-4-8-3-2-7(6)5-9(8)10/h6-9H,2-5,10H2,1H3/t6-,7+,8?,9?/m1/s1. The first-order valence-electron chi connectivity index (χ1n) is 4.53. The molecule has 0 aromatic heterocycles. The Labute approximate surface area is 63.0 Å². The van der Waals surface area contributed by atoms with Gasteiger partial charge in [0.05, 0.1) is 0 Å². The maximum Gasteiger partial charge on any atom is 0.00700 e. The molecule has 3 aliphatic carbocycles. The van der Waals surface area contributed by atoms with Gasteiger partial charge in [-0.3, -0.25) is 0 Å². The van der Waals surface area contributed by atoms with E-state index in [4.69, 9.17) is 5.73 Å². The third kappa shape index (κ3) is 0.878. The van der Waals surface area contributed by atoms with Crippen LogP contribution in [0.25, 0.3) is 0 Å². The topological polar surface area (TPSA) is 26.0 Å². The quantitative estimate of drug-likeness (QED) is 0.544. The fraction of sp³-hybridized carbons (Fsp3) is 1.00. The lowest BCUT2D eigenvalue weighted by atomic mass is 9.63. The zero-order valence-corrected chi connectivity index (χ0v) is 6.72. The Kier molecular flexibility index (Phi) is 1.48. The second-order valence-corrected chi connectivity index (χ2v) is 4.21. The summed E-state index contributed by atoms with van der Waals surface area (Å²) in [4.78, 5) is 0. The summed E-state index contributed by atoms with van der Waals surface area (Å²) in [5, 5.41) is 0. The van der Waals surface area contributed by atoms with Gasteiger partial charge in [0, 0.05) is 6.04 Å². The van der Waals surface area contributed by atoms with E-state index in [2.05, 4.69) is 6.92 Å². The Morgan fingerprint density at radius 1 is 1.10 bits per heavy atom.